The van der Waals surface area contributed by atoms with E-state index in [0.29, 0.717) is 19.3 Å². The highest BCUT2D eigenvalue weighted by Gasteiger charge is 2.73. The first-order valence-electron chi connectivity index (χ1n) is 13.0. The second-order valence-corrected chi connectivity index (χ2v) is 11.3. The maximum absolute atomic E-state index is 13.3. The molecule has 2 bridgehead atoms. The average Bonchev–Trinajstić information content (AvgIpc) is 3.35. The van der Waals surface area contributed by atoms with Crippen molar-refractivity contribution in [2.24, 2.45) is 5.92 Å². The molecule has 1 amide bonds. The van der Waals surface area contributed by atoms with Gasteiger partial charge in [-0.2, -0.15) is 0 Å². The van der Waals surface area contributed by atoms with E-state index < -0.39 is 11.0 Å². The molecule has 5 atom stereocenters. The molecule has 0 radical (unpaired) electrons. The molecular weight excluding hydrogens is 464 g/mol. The van der Waals surface area contributed by atoms with Crippen LogP contribution in [-0.2, 0) is 23.1 Å². The second-order valence-electron chi connectivity index (χ2n) is 11.3. The molecule has 2 saturated carbocycles. The lowest BCUT2D eigenvalue weighted by Gasteiger charge is -2.64. The van der Waals surface area contributed by atoms with Gasteiger partial charge in [0.2, 0.25) is 5.91 Å². The molecule has 188 valence electrons. The number of nitrogens with zero attached hydrogens (tertiary/aromatic N) is 2. The highest BCUT2D eigenvalue weighted by molar-refractivity contribution is 5.85. The number of carbonyl (C=O) groups is 1. The van der Waals surface area contributed by atoms with Crippen LogP contribution in [0.3, 0.4) is 0 Å². The van der Waals surface area contributed by atoms with Crippen molar-refractivity contribution >= 4 is 18.3 Å². The van der Waals surface area contributed by atoms with E-state index in [9.17, 15) is 9.90 Å². The fraction of sp³-hybridized carbons (Fsp3) is 0.607. The largest absolute Gasteiger partial charge is 0.487 e. The van der Waals surface area contributed by atoms with E-state index in [4.69, 9.17) is 9.15 Å². The van der Waals surface area contributed by atoms with Crippen molar-refractivity contribution in [3.8, 4) is 5.75 Å². The molecule has 3 heterocycles. The quantitative estimate of drug-likeness (QED) is 0.657. The van der Waals surface area contributed by atoms with E-state index in [1.165, 1.54) is 24.0 Å². The number of carbonyl (C=O) groups excluding carboxylic acids is 1. The zero-order valence-corrected chi connectivity index (χ0v) is 21.1. The zero-order chi connectivity index (χ0) is 23.1. The number of amides is 1. The molecule has 1 aromatic heterocycles. The molecule has 6 nitrogen and oxygen atoms in total. The molecule has 3 aliphatic carbocycles. The van der Waals surface area contributed by atoms with E-state index in [0.717, 1.165) is 49.8 Å². The van der Waals surface area contributed by atoms with Crippen LogP contribution in [-0.4, -0.2) is 64.7 Å². The minimum atomic E-state index is -0.807. The van der Waals surface area contributed by atoms with Gasteiger partial charge in [0, 0.05) is 38.0 Å². The topological polar surface area (TPSA) is 66.2 Å². The summed E-state index contributed by atoms with van der Waals surface area (Å²) in [5, 5.41) is 12.5. The van der Waals surface area contributed by atoms with Crippen LogP contribution < -0.4 is 4.74 Å². The number of halogens is 1. The van der Waals surface area contributed by atoms with E-state index >= 15 is 0 Å². The van der Waals surface area contributed by atoms with E-state index in [1.54, 1.807) is 6.26 Å². The number of hydrogen-bond acceptors (Lipinski definition) is 5. The van der Waals surface area contributed by atoms with Crippen molar-refractivity contribution in [3.05, 3.63) is 53.5 Å². The lowest BCUT2D eigenvalue weighted by molar-refractivity contribution is -0.200. The van der Waals surface area contributed by atoms with Crippen LogP contribution in [0.2, 0.25) is 0 Å². The first-order chi connectivity index (χ1) is 16.5. The van der Waals surface area contributed by atoms with Crippen molar-refractivity contribution in [3.63, 3.8) is 0 Å². The number of ether oxygens (including phenoxy) is 1. The number of aryl methyl sites for hydroxylation is 1. The van der Waals surface area contributed by atoms with Crippen molar-refractivity contribution in [1.82, 2.24) is 9.80 Å². The van der Waals surface area contributed by atoms with Crippen LogP contribution >= 0.6 is 12.4 Å². The molecule has 7 heteroatoms. The van der Waals surface area contributed by atoms with Crippen molar-refractivity contribution < 1.29 is 19.1 Å². The Kier molecular flexibility index (Phi) is 5.51. The Morgan fingerprint density at radius 3 is 2.83 bits per heavy atom. The Bertz CT molecular complexity index is 1120. The summed E-state index contributed by atoms with van der Waals surface area (Å²) in [6.07, 6.45) is 8.40. The first kappa shape index (κ1) is 23.4. The molecular formula is C28H35ClN2O4. The van der Waals surface area contributed by atoms with Gasteiger partial charge in [0.25, 0.3) is 0 Å². The smallest absolute Gasteiger partial charge is 0.223 e. The van der Waals surface area contributed by atoms with Gasteiger partial charge >= 0.3 is 0 Å². The zero-order valence-electron chi connectivity index (χ0n) is 20.3. The number of piperidine rings is 1. The lowest BCUT2D eigenvalue weighted by Crippen LogP contribution is -2.78. The van der Waals surface area contributed by atoms with Gasteiger partial charge in [-0.05, 0) is 74.8 Å². The third-order valence-corrected chi connectivity index (χ3v) is 9.69. The van der Waals surface area contributed by atoms with Gasteiger partial charge in [0.15, 0.2) is 0 Å². The average molecular weight is 499 g/mol. The minimum absolute atomic E-state index is 0. The third-order valence-electron chi connectivity index (χ3n) is 9.69. The standard InChI is InChI=1S/C28H34N2O4.ClH/c1-29(24(31)10-9-20-5-3-15-33-20)21-11-12-28(32)23-16-19-4-2-6-22-25(19)27(28,26(21)34-22)13-14-30(23)17-18-7-8-18;/h2-6,15,18,21,23,26,32H,7-14,16-17H2,1H3;1H/t21-,23+,26-,27-,28+;/m0./s1. The summed E-state index contributed by atoms with van der Waals surface area (Å²) < 4.78 is 12.1. The summed E-state index contributed by atoms with van der Waals surface area (Å²) in [7, 11) is 1.92. The van der Waals surface area contributed by atoms with Crippen LogP contribution in [0.1, 0.15) is 55.4 Å². The summed E-state index contributed by atoms with van der Waals surface area (Å²) in [6.45, 7) is 2.11. The summed E-state index contributed by atoms with van der Waals surface area (Å²) >= 11 is 0. The van der Waals surface area contributed by atoms with Crippen LogP contribution in [0.15, 0.2) is 41.0 Å². The van der Waals surface area contributed by atoms with Crippen LogP contribution in [0.25, 0.3) is 0 Å². The lowest BCUT2D eigenvalue weighted by atomic mass is 9.48. The fourth-order valence-corrected chi connectivity index (χ4v) is 7.87. The Balaban J connectivity index is 0.00000229. The van der Waals surface area contributed by atoms with Gasteiger partial charge in [0.05, 0.1) is 23.3 Å². The highest BCUT2D eigenvalue weighted by atomic mass is 35.5. The van der Waals surface area contributed by atoms with Crippen molar-refractivity contribution in [1.29, 1.82) is 0 Å². The van der Waals surface area contributed by atoms with Crippen LogP contribution in [0, 0.1) is 5.92 Å². The molecule has 7 rings (SSSR count). The van der Waals surface area contributed by atoms with Gasteiger partial charge in [-0.3, -0.25) is 9.69 Å². The molecule has 3 fully saturated rings. The maximum atomic E-state index is 13.3. The van der Waals surface area contributed by atoms with Gasteiger partial charge in [-0.15, -0.1) is 12.4 Å². The predicted molar refractivity (Wildman–Crippen MR) is 134 cm³/mol. The Morgan fingerprint density at radius 2 is 2.06 bits per heavy atom. The summed E-state index contributed by atoms with van der Waals surface area (Å²) in [4.78, 5) is 17.8. The molecule has 35 heavy (non-hydrogen) atoms. The molecule has 1 spiro atoms. The van der Waals surface area contributed by atoms with E-state index in [2.05, 4.69) is 23.1 Å². The molecule has 1 N–H and O–H groups in total. The Labute approximate surface area is 213 Å². The van der Waals surface area contributed by atoms with Gasteiger partial charge < -0.3 is 19.2 Å². The monoisotopic (exact) mass is 498 g/mol. The second kappa shape index (κ2) is 8.25. The summed E-state index contributed by atoms with van der Waals surface area (Å²) in [5.74, 6) is 2.68. The Morgan fingerprint density at radius 1 is 1.20 bits per heavy atom. The molecule has 0 unspecified atom stereocenters. The predicted octanol–water partition coefficient (Wildman–Crippen LogP) is 3.73. The first-order valence-corrected chi connectivity index (χ1v) is 13.0. The van der Waals surface area contributed by atoms with E-state index in [-0.39, 0.29) is 36.5 Å². The third kappa shape index (κ3) is 3.25. The number of benzene rings is 1. The Hall–Kier alpha value is -2.02. The number of furan rings is 1. The number of hydrogen-bond donors (Lipinski definition) is 1. The molecule has 2 aromatic rings. The number of likely N-dealkylation sites (N-methyl/N-ethyl adjacent to an activating group) is 1. The summed E-state index contributed by atoms with van der Waals surface area (Å²) in [6, 6.07) is 10.3. The van der Waals surface area contributed by atoms with Gasteiger partial charge in [-0.1, -0.05) is 12.1 Å². The number of rotatable bonds is 6. The molecule has 5 aliphatic rings. The summed E-state index contributed by atoms with van der Waals surface area (Å²) in [5.41, 5.74) is 1.34. The molecule has 1 aromatic carbocycles. The number of aliphatic hydroxyl groups is 1. The normalized spacial score (nSPS) is 34.5. The van der Waals surface area contributed by atoms with Crippen LogP contribution in [0.4, 0.5) is 0 Å². The van der Waals surface area contributed by atoms with Crippen LogP contribution in [0.5, 0.6) is 5.75 Å². The SMILES string of the molecule is CN(C(=O)CCc1ccco1)[C@H]1CC[C@@]2(O)[C@H]3Cc4cccc5c4[C@@]2(CCN3CC2CC2)[C@H]1O5.Cl. The minimum Gasteiger partial charge on any atom is -0.487 e. The van der Waals surface area contributed by atoms with Gasteiger partial charge in [0.1, 0.15) is 17.6 Å². The fourth-order valence-electron chi connectivity index (χ4n) is 7.87. The van der Waals surface area contributed by atoms with Crippen molar-refractivity contribution in [2.45, 2.75) is 80.6 Å². The van der Waals surface area contributed by atoms with Gasteiger partial charge in [-0.25, -0.2) is 0 Å². The molecule has 2 aliphatic heterocycles. The maximum Gasteiger partial charge on any atom is 0.223 e. The number of likely N-dealkylation sites (tertiary alicyclic amines) is 1. The highest BCUT2D eigenvalue weighted by Crippen LogP contribution is 2.64. The van der Waals surface area contributed by atoms with Crippen molar-refractivity contribution in [2.75, 3.05) is 20.1 Å². The van der Waals surface area contributed by atoms with E-state index in [1.807, 2.05) is 24.1 Å². The molecule has 1 saturated heterocycles.